The maximum Gasteiger partial charge on any atom is 0.338 e. The molecule has 0 spiro atoms. The van der Waals surface area contributed by atoms with E-state index in [2.05, 4.69) is 0 Å². The first-order chi connectivity index (χ1) is 7.66. The molecule has 0 aliphatic carbocycles. The summed E-state index contributed by atoms with van der Waals surface area (Å²) >= 11 is 0. The molecule has 0 fully saturated rings. The maximum atomic E-state index is 12.4. The topological polar surface area (TPSA) is 72.8 Å². The molecule has 0 aliphatic heterocycles. The van der Waals surface area contributed by atoms with Crippen molar-refractivity contribution >= 4 is 14.7 Å². The van der Waals surface area contributed by atoms with Gasteiger partial charge in [0.2, 0.25) is 0 Å². The van der Waals surface area contributed by atoms with Crippen LogP contribution in [0.1, 0.15) is 34.6 Å². The third-order valence-corrected chi connectivity index (χ3v) is 8.61. The molecule has 0 aromatic rings. The number of rotatable bonds is 8. The first-order valence-electron chi connectivity index (χ1n) is 5.80. The average molecular weight is 286 g/mol. The van der Waals surface area contributed by atoms with E-state index >= 15 is 0 Å². The second-order valence-electron chi connectivity index (χ2n) is 4.58. The van der Waals surface area contributed by atoms with E-state index in [0.29, 0.717) is 0 Å². The monoisotopic (exact) mass is 286 g/mol. The summed E-state index contributed by atoms with van der Waals surface area (Å²) in [6.07, 6.45) is -0.723. The lowest BCUT2D eigenvalue weighted by Crippen LogP contribution is -2.12. The van der Waals surface area contributed by atoms with Gasteiger partial charge in [-0.25, -0.2) is 0 Å². The molecule has 0 amide bonds. The van der Waals surface area contributed by atoms with Crippen molar-refractivity contribution in [1.29, 1.82) is 0 Å². The quantitative estimate of drug-likeness (QED) is 0.693. The number of hydrogen-bond acceptors (Lipinski definition) is 5. The summed E-state index contributed by atoms with van der Waals surface area (Å²) in [6.45, 7) is 8.67. The van der Waals surface area contributed by atoms with Crippen LogP contribution >= 0.6 is 14.7 Å². The Labute approximate surface area is 104 Å². The Balaban J connectivity index is 4.93. The smallest absolute Gasteiger partial charge is 0.338 e. The van der Waals surface area contributed by atoms with Gasteiger partial charge >= 0.3 is 7.60 Å². The van der Waals surface area contributed by atoms with Crippen LogP contribution in [0.15, 0.2) is 0 Å². The largest absolute Gasteiger partial charge is 0.389 e. The van der Waals surface area contributed by atoms with Gasteiger partial charge in [0.25, 0.3) is 0 Å². The van der Waals surface area contributed by atoms with E-state index in [1.165, 1.54) is 0 Å². The van der Waals surface area contributed by atoms with Gasteiger partial charge in [0.15, 0.2) is 0 Å². The molecule has 0 saturated heterocycles. The summed E-state index contributed by atoms with van der Waals surface area (Å²) < 4.78 is 35.2. The molecule has 0 aromatic carbocycles. The SMILES string of the molecule is CCP(=O)(CO)CP(=O)(OC(C)C)OC(C)C. The van der Waals surface area contributed by atoms with Gasteiger partial charge in [-0.15, -0.1) is 0 Å². The molecule has 0 bridgehead atoms. The molecule has 1 N–H and O–H groups in total. The molecule has 1 atom stereocenters. The van der Waals surface area contributed by atoms with E-state index in [4.69, 9.17) is 14.2 Å². The summed E-state index contributed by atoms with van der Waals surface area (Å²) in [5.74, 6) is -0.191. The van der Waals surface area contributed by atoms with E-state index in [1.807, 2.05) is 0 Å². The van der Waals surface area contributed by atoms with Crippen LogP contribution in [0.5, 0.6) is 0 Å². The van der Waals surface area contributed by atoms with Gasteiger partial charge in [0.1, 0.15) is 13.0 Å². The Hall–Kier alpha value is 0.340. The number of hydrogen-bond donors (Lipinski definition) is 1. The molecule has 0 aromatic heterocycles. The van der Waals surface area contributed by atoms with Crippen LogP contribution in [0.3, 0.4) is 0 Å². The summed E-state index contributed by atoms with van der Waals surface area (Å²) in [4.78, 5) is 0. The maximum absolute atomic E-state index is 12.4. The molecule has 5 nitrogen and oxygen atoms in total. The molecule has 7 heteroatoms. The van der Waals surface area contributed by atoms with Crippen LogP contribution in [0.2, 0.25) is 0 Å². The van der Waals surface area contributed by atoms with Crippen molar-refractivity contribution in [3.8, 4) is 0 Å². The fourth-order valence-corrected chi connectivity index (χ4v) is 7.05. The van der Waals surface area contributed by atoms with E-state index in [1.54, 1.807) is 34.6 Å². The fourth-order valence-electron chi connectivity index (χ4n) is 1.29. The van der Waals surface area contributed by atoms with Crippen LogP contribution in [-0.2, 0) is 18.2 Å². The van der Waals surface area contributed by atoms with E-state index in [-0.39, 0.29) is 24.3 Å². The Bertz CT molecular complexity index is 292. The molecule has 0 saturated carbocycles. The van der Waals surface area contributed by atoms with Gasteiger partial charge in [-0.1, -0.05) is 6.92 Å². The summed E-state index contributed by atoms with van der Waals surface area (Å²) in [5, 5.41) is 9.12. The molecule has 0 aliphatic rings. The van der Waals surface area contributed by atoms with Crippen molar-refractivity contribution in [2.24, 2.45) is 0 Å². The predicted octanol–water partition coefficient (Wildman–Crippen LogP) is 3.32. The Kier molecular flexibility index (Phi) is 7.20. The van der Waals surface area contributed by atoms with Crippen molar-refractivity contribution in [3.05, 3.63) is 0 Å². The number of aliphatic hydroxyl groups is 1. The van der Waals surface area contributed by atoms with Crippen LogP contribution < -0.4 is 0 Å². The molecular weight excluding hydrogens is 262 g/mol. The van der Waals surface area contributed by atoms with E-state index < -0.39 is 21.1 Å². The molecule has 1 unspecified atom stereocenters. The first kappa shape index (κ1) is 17.3. The van der Waals surface area contributed by atoms with Crippen LogP contribution in [0, 0.1) is 0 Å². The Morgan fingerprint density at radius 2 is 1.47 bits per heavy atom. The lowest BCUT2D eigenvalue weighted by atomic mass is 10.5. The minimum atomic E-state index is -3.41. The highest BCUT2D eigenvalue weighted by molar-refractivity contribution is 7.76. The van der Waals surface area contributed by atoms with Crippen molar-refractivity contribution in [1.82, 2.24) is 0 Å². The molecular formula is C10H24O5P2. The highest BCUT2D eigenvalue weighted by atomic mass is 31.2. The van der Waals surface area contributed by atoms with Gasteiger partial charge < -0.3 is 18.7 Å². The van der Waals surface area contributed by atoms with Gasteiger partial charge in [0, 0.05) is 6.16 Å². The van der Waals surface area contributed by atoms with Crippen molar-refractivity contribution in [2.45, 2.75) is 46.8 Å². The third kappa shape index (κ3) is 6.73. The average Bonchev–Trinajstić information content (AvgIpc) is 2.14. The Morgan fingerprint density at radius 3 is 1.71 bits per heavy atom. The van der Waals surface area contributed by atoms with Gasteiger partial charge in [-0.05, 0) is 27.7 Å². The van der Waals surface area contributed by atoms with Crippen LogP contribution in [0.4, 0.5) is 0 Å². The molecule has 0 rings (SSSR count). The number of aliphatic hydroxyl groups excluding tert-OH is 1. The molecule has 104 valence electrons. The molecule has 0 radical (unpaired) electrons. The summed E-state index contributed by atoms with van der Waals surface area (Å²) in [6, 6.07) is 0. The normalized spacial score (nSPS) is 16.5. The highest BCUT2D eigenvalue weighted by Crippen LogP contribution is 2.63. The highest BCUT2D eigenvalue weighted by Gasteiger charge is 2.36. The van der Waals surface area contributed by atoms with Gasteiger partial charge in [-0.2, -0.15) is 0 Å². The fraction of sp³-hybridized carbons (Fsp3) is 1.00. The standard InChI is InChI=1S/C10H24O5P2/c1-6-16(12,7-11)8-17(13,14-9(2)3)15-10(4)5/h9-11H,6-8H2,1-5H3. The minimum absolute atomic E-state index is 0.191. The lowest BCUT2D eigenvalue weighted by molar-refractivity contribution is 0.145. The zero-order chi connectivity index (χ0) is 13.7. The zero-order valence-corrected chi connectivity index (χ0v) is 13.0. The molecule has 17 heavy (non-hydrogen) atoms. The summed E-state index contributed by atoms with van der Waals surface area (Å²) in [7, 11) is -6.28. The van der Waals surface area contributed by atoms with E-state index in [0.717, 1.165) is 0 Å². The second-order valence-corrected chi connectivity index (χ2v) is 10.4. The van der Waals surface area contributed by atoms with Crippen molar-refractivity contribution in [2.75, 3.05) is 18.4 Å². The Morgan fingerprint density at radius 1 is 1.06 bits per heavy atom. The summed E-state index contributed by atoms with van der Waals surface area (Å²) in [5.41, 5.74) is 0. The van der Waals surface area contributed by atoms with Crippen LogP contribution in [-0.4, -0.2) is 35.7 Å². The van der Waals surface area contributed by atoms with Crippen LogP contribution in [0.25, 0.3) is 0 Å². The zero-order valence-electron chi connectivity index (χ0n) is 11.3. The third-order valence-electron chi connectivity index (χ3n) is 2.01. The van der Waals surface area contributed by atoms with Gasteiger partial charge in [-0.3, -0.25) is 4.57 Å². The minimum Gasteiger partial charge on any atom is -0.389 e. The predicted molar refractivity (Wildman–Crippen MR) is 70.1 cm³/mol. The van der Waals surface area contributed by atoms with Crippen molar-refractivity contribution in [3.63, 3.8) is 0 Å². The van der Waals surface area contributed by atoms with E-state index in [9.17, 15) is 9.13 Å². The van der Waals surface area contributed by atoms with Gasteiger partial charge in [0.05, 0.1) is 18.6 Å². The second kappa shape index (κ2) is 7.06. The first-order valence-corrected chi connectivity index (χ1v) is 9.79. The molecule has 0 heterocycles. The lowest BCUT2D eigenvalue weighted by Gasteiger charge is -2.25. The van der Waals surface area contributed by atoms with Crippen molar-refractivity contribution < 1.29 is 23.3 Å².